The van der Waals surface area contributed by atoms with Gasteiger partial charge in [-0.15, -0.1) is 0 Å². The average molecular weight is 234 g/mol. The van der Waals surface area contributed by atoms with E-state index >= 15 is 0 Å². The standard InChI is InChI=1S/C10H22N2O2S/c1-3-10(8-11)15(13,14)12-6-4-9(2)5-7-12/h9-10H,3-8,11H2,1-2H3. The minimum atomic E-state index is -3.14. The summed E-state index contributed by atoms with van der Waals surface area (Å²) in [6, 6.07) is 0. The second kappa shape index (κ2) is 5.27. The molecule has 2 N–H and O–H groups in total. The lowest BCUT2D eigenvalue weighted by molar-refractivity contribution is 0.285. The van der Waals surface area contributed by atoms with Crippen LogP contribution in [0.3, 0.4) is 0 Å². The molecule has 0 radical (unpaired) electrons. The number of nitrogens with two attached hydrogens (primary N) is 1. The molecule has 1 unspecified atom stereocenters. The first-order valence-corrected chi connectivity index (χ1v) is 7.21. The van der Waals surface area contributed by atoms with E-state index in [1.807, 2.05) is 6.92 Å². The van der Waals surface area contributed by atoms with E-state index in [0.717, 1.165) is 12.8 Å². The van der Waals surface area contributed by atoms with Gasteiger partial charge in [0.2, 0.25) is 10.0 Å². The molecule has 1 atom stereocenters. The van der Waals surface area contributed by atoms with Crippen molar-refractivity contribution in [2.75, 3.05) is 19.6 Å². The van der Waals surface area contributed by atoms with Crippen LogP contribution in [0.4, 0.5) is 0 Å². The molecule has 1 heterocycles. The summed E-state index contributed by atoms with van der Waals surface area (Å²) in [5.41, 5.74) is 5.50. The van der Waals surface area contributed by atoms with Gasteiger partial charge in [-0.1, -0.05) is 13.8 Å². The van der Waals surface area contributed by atoms with E-state index in [1.54, 1.807) is 4.31 Å². The fourth-order valence-corrected chi connectivity index (χ4v) is 3.75. The molecule has 0 aromatic rings. The summed E-state index contributed by atoms with van der Waals surface area (Å²) in [6.45, 7) is 5.61. The predicted octanol–water partition coefficient (Wildman–Crippen LogP) is 0.785. The van der Waals surface area contributed by atoms with Crippen molar-refractivity contribution in [2.24, 2.45) is 11.7 Å². The Morgan fingerprint density at radius 2 is 1.93 bits per heavy atom. The first-order valence-electron chi connectivity index (χ1n) is 5.71. The van der Waals surface area contributed by atoms with Gasteiger partial charge in [0.1, 0.15) is 0 Å². The van der Waals surface area contributed by atoms with Crippen molar-refractivity contribution in [3.05, 3.63) is 0 Å². The summed E-state index contributed by atoms with van der Waals surface area (Å²) >= 11 is 0. The maximum absolute atomic E-state index is 12.1. The molecule has 1 saturated heterocycles. The third-order valence-corrected chi connectivity index (χ3v) is 5.70. The minimum absolute atomic E-state index is 0.227. The van der Waals surface area contributed by atoms with Crippen molar-refractivity contribution in [2.45, 2.75) is 38.4 Å². The van der Waals surface area contributed by atoms with Crippen LogP contribution in [0.5, 0.6) is 0 Å². The summed E-state index contributed by atoms with van der Waals surface area (Å²) in [5.74, 6) is 0.648. The Morgan fingerprint density at radius 1 is 1.40 bits per heavy atom. The molecule has 0 saturated carbocycles. The van der Waals surface area contributed by atoms with Crippen molar-refractivity contribution in [1.29, 1.82) is 0 Å². The van der Waals surface area contributed by atoms with E-state index in [2.05, 4.69) is 6.92 Å². The van der Waals surface area contributed by atoms with Gasteiger partial charge in [0.05, 0.1) is 5.25 Å². The fraction of sp³-hybridized carbons (Fsp3) is 1.00. The Labute approximate surface area is 92.9 Å². The quantitative estimate of drug-likeness (QED) is 0.782. The highest BCUT2D eigenvalue weighted by Gasteiger charge is 2.31. The van der Waals surface area contributed by atoms with Gasteiger partial charge in [0.15, 0.2) is 0 Å². The largest absolute Gasteiger partial charge is 0.329 e. The lowest BCUT2D eigenvalue weighted by Gasteiger charge is -2.32. The van der Waals surface area contributed by atoms with Gasteiger partial charge >= 0.3 is 0 Å². The van der Waals surface area contributed by atoms with E-state index in [-0.39, 0.29) is 6.54 Å². The summed E-state index contributed by atoms with van der Waals surface area (Å²) in [6.07, 6.45) is 2.55. The summed E-state index contributed by atoms with van der Waals surface area (Å²) < 4.78 is 25.8. The van der Waals surface area contributed by atoms with Crippen LogP contribution in [0, 0.1) is 5.92 Å². The van der Waals surface area contributed by atoms with Gasteiger partial charge in [-0.3, -0.25) is 0 Å². The second-order valence-corrected chi connectivity index (χ2v) is 6.61. The fourth-order valence-electron chi connectivity index (χ4n) is 1.95. The van der Waals surface area contributed by atoms with Crippen molar-refractivity contribution < 1.29 is 8.42 Å². The van der Waals surface area contributed by atoms with E-state index in [0.29, 0.717) is 25.4 Å². The lowest BCUT2D eigenvalue weighted by Crippen LogP contribution is -2.45. The van der Waals surface area contributed by atoms with Crippen LogP contribution in [0.2, 0.25) is 0 Å². The molecule has 1 aliphatic heterocycles. The summed E-state index contributed by atoms with van der Waals surface area (Å²) in [5, 5.41) is -0.397. The number of hydrogen-bond acceptors (Lipinski definition) is 3. The van der Waals surface area contributed by atoms with E-state index in [1.165, 1.54) is 0 Å². The maximum atomic E-state index is 12.1. The molecule has 0 aliphatic carbocycles. The Hall–Kier alpha value is -0.130. The lowest BCUT2D eigenvalue weighted by atomic mass is 10.0. The SMILES string of the molecule is CCC(CN)S(=O)(=O)N1CCC(C)CC1. The summed E-state index contributed by atoms with van der Waals surface area (Å²) in [4.78, 5) is 0. The van der Waals surface area contributed by atoms with Crippen LogP contribution in [-0.4, -0.2) is 37.6 Å². The molecular weight excluding hydrogens is 212 g/mol. The van der Waals surface area contributed by atoms with Crippen LogP contribution < -0.4 is 5.73 Å². The van der Waals surface area contributed by atoms with Crippen LogP contribution in [0.1, 0.15) is 33.1 Å². The molecule has 1 rings (SSSR count). The number of nitrogens with zero attached hydrogens (tertiary/aromatic N) is 1. The number of rotatable bonds is 4. The molecule has 0 spiro atoms. The average Bonchev–Trinajstić information content (AvgIpc) is 2.19. The Morgan fingerprint density at radius 3 is 2.33 bits per heavy atom. The molecule has 0 aromatic carbocycles. The number of sulfonamides is 1. The van der Waals surface area contributed by atoms with Crippen molar-refractivity contribution in [1.82, 2.24) is 4.31 Å². The minimum Gasteiger partial charge on any atom is -0.329 e. The van der Waals surface area contributed by atoms with Gasteiger partial charge in [0.25, 0.3) is 0 Å². The third-order valence-electron chi connectivity index (χ3n) is 3.24. The molecule has 15 heavy (non-hydrogen) atoms. The molecule has 0 amide bonds. The molecule has 4 nitrogen and oxygen atoms in total. The Bertz CT molecular complexity index is 278. The van der Waals surface area contributed by atoms with Gasteiger partial charge < -0.3 is 5.73 Å². The van der Waals surface area contributed by atoms with Crippen molar-refractivity contribution in [3.63, 3.8) is 0 Å². The van der Waals surface area contributed by atoms with E-state index < -0.39 is 15.3 Å². The van der Waals surface area contributed by atoms with Gasteiger partial charge in [0, 0.05) is 19.6 Å². The molecule has 90 valence electrons. The zero-order chi connectivity index (χ0) is 11.5. The highest BCUT2D eigenvalue weighted by atomic mass is 32.2. The van der Waals surface area contributed by atoms with Crippen LogP contribution >= 0.6 is 0 Å². The molecule has 1 aliphatic rings. The van der Waals surface area contributed by atoms with Crippen molar-refractivity contribution >= 4 is 10.0 Å². The van der Waals surface area contributed by atoms with Gasteiger partial charge in [-0.2, -0.15) is 0 Å². The first-order chi connectivity index (χ1) is 7.02. The Balaban J connectivity index is 2.69. The highest BCUT2D eigenvalue weighted by molar-refractivity contribution is 7.89. The zero-order valence-corrected chi connectivity index (χ0v) is 10.5. The van der Waals surface area contributed by atoms with Gasteiger partial charge in [-0.25, -0.2) is 12.7 Å². The van der Waals surface area contributed by atoms with E-state index in [4.69, 9.17) is 5.73 Å². The third kappa shape index (κ3) is 2.92. The van der Waals surface area contributed by atoms with Gasteiger partial charge in [-0.05, 0) is 25.2 Å². The monoisotopic (exact) mass is 234 g/mol. The first kappa shape index (κ1) is 12.9. The molecule has 1 fully saturated rings. The topological polar surface area (TPSA) is 63.4 Å². The zero-order valence-electron chi connectivity index (χ0n) is 9.65. The van der Waals surface area contributed by atoms with E-state index in [9.17, 15) is 8.42 Å². The predicted molar refractivity (Wildman–Crippen MR) is 62.0 cm³/mol. The molecular formula is C10H22N2O2S. The smallest absolute Gasteiger partial charge is 0.218 e. The normalized spacial score (nSPS) is 22.9. The molecule has 0 bridgehead atoms. The van der Waals surface area contributed by atoms with Crippen molar-refractivity contribution in [3.8, 4) is 0 Å². The summed E-state index contributed by atoms with van der Waals surface area (Å²) in [7, 11) is -3.14. The number of piperidine rings is 1. The van der Waals surface area contributed by atoms with Crippen LogP contribution in [0.25, 0.3) is 0 Å². The Kier molecular flexibility index (Phi) is 4.55. The van der Waals surface area contributed by atoms with Crippen LogP contribution in [-0.2, 0) is 10.0 Å². The second-order valence-electron chi connectivity index (χ2n) is 4.39. The maximum Gasteiger partial charge on any atom is 0.218 e. The highest BCUT2D eigenvalue weighted by Crippen LogP contribution is 2.21. The molecule has 5 heteroatoms. The molecule has 0 aromatic heterocycles. The number of hydrogen-bond donors (Lipinski definition) is 1. The van der Waals surface area contributed by atoms with Crippen LogP contribution in [0.15, 0.2) is 0 Å².